The number of rotatable bonds is 3. The Morgan fingerprint density at radius 2 is 1.79 bits per heavy atom. The van der Waals surface area contributed by atoms with E-state index in [1.54, 1.807) is 16.9 Å². The van der Waals surface area contributed by atoms with Gasteiger partial charge in [-0.1, -0.05) is 34.8 Å². The summed E-state index contributed by atoms with van der Waals surface area (Å²) in [5.41, 5.74) is 1.51. The molecule has 8 heteroatoms. The number of hydrogen-bond donors (Lipinski definition) is 1. The van der Waals surface area contributed by atoms with Gasteiger partial charge in [0.2, 0.25) is 0 Å². The van der Waals surface area contributed by atoms with Crippen LogP contribution in [0.15, 0.2) is 30.6 Å². The number of carbonyl (C=O) groups excluding carboxylic acids is 1. The zero-order valence-corrected chi connectivity index (χ0v) is 15.1. The minimum absolute atomic E-state index is 0.185. The molecule has 0 unspecified atom stereocenters. The van der Waals surface area contributed by atoms with Crippen LogP contribution < -0.4 is 5.32 Å². The molecule has 0 aliphatic heterocycles. The van der Waals surface area contributed by atoms with E-state index in [1.165, 1.54) is 18.3 Å². The fourth-order valence-corrected chi connectivity index (χ4v) is 2.85. The average Bonchev–Trinajstić information content (AvgIpc) is 2.95. The number of fused-ring (bicyclic) bond motifs is 1. The Hall–Kier alpha value is -1.82. The van der Waals surface area contributed by atoms with Gasteiger partial charge in [-0.05, 0) is 32.0 Å². The number of halogens is 3. The Balaban J connectivity index is 1.90. The molecule has 5 nitrogen and oxygen atoms in total. The van der Waals surface area contributed by atoms with Crippen LogP contribution in [-0.4, -0.2) is 20.7 Å². The van der Waals surface area contributed by atoms with Crippen LogP contribution in [0.4, 0.5) is 5.69 Å². The van der Waals surface area contributed by atoms with E-state index in [9.17, 15) is 4.79 Å². The van der Waals surface area contributed by atoms with E-state index in [-0.39, 0.29) is 11.9 Å². The minimum Gasteiger partial charge on any atom is -0.321 e. The fourth-order valence-electron chi connectivity index (χ4n) is 2.25. The molecule has 0 saturated heterocycles. The summed E-state index contributed by atoms with van der Waals surface area (Å²) in [6.45, 7) is 4.03. The first kappa shape index (κ1) is 17.0. The maximum atomic E-state index is 12.4. The molecule has 1 aromatic carbocycles. The Labute approximate surface area is 153 Å². The molecule has 0 radical (unpaired) electrons. The molecule has 1 amide bonds. The van der Waals surface area contributed by atoms with Crippen LogP contribution in [0.5, 0.6) is 0 Å². The largest absolute Gasteiger partial charge is 0.321 e. The van der Waals surface area contributed by atoms with Crippen LogP contribution in [0.2, 0.25) is 15.1 Å². The second-order valence-electron chi connectivity index (χ2n) is 5.52. The molecule has 124 valence electrons. The van der Waals surface area contributed by atoms with E-state index >= 15 is 0 Å². The smallest absolute Gasteiger partial charge is 0.257 e. The standard InChI is InChI=1S/C16H13Cl3N4O/c1-8(2)23-15-9(7-21-23)3-10(6-20-15)16(24)22-14-5-12(18)11(17)4-13(14)19/h3-8H,1-2H3,(H,22,24). The summed E-state index contributed by atoms with van der Waals surface area (Å²) < 4.78 is 1.80. The number of aromatic nitrogens is 3. The first-order chi connectivity index (χ1) is 11.4. The normalized spacial score (nSPS) is 11.2. The van der Waals surface area contributed by atoms with Crippen molar-refractivity contribution in [2.45, 2.75) is 19.9 Å². The van der Waals surface area contributed by atoms with Crippen molar-refractivity contribution in [1.82, 2.24) is 14.8 Å². The third-order valence-corrected chi connectivity index (χ3v) is 4.48. The highest BCUT2D eigenvalue weighted by Gasteiger charge is 2.14. The molecule has 0 spiro atoms. The van der Waals surface area contributed by atoms with E-state index in [2.05, 4.69) is 15.4 Å². The lowest BCUT2D eigenvalue weighted by molar-refractivity contribution is 0.102. The second-order valence-corrected chi connectivity index (χ2v) is 6.74. The molecule has 0 saturated carbocycles. The van der Waals surface area contributed by atoms with Crippen molar-refractivity contribution in [3.8, 4) is 0 Å². The van der Waals surface area contributed by atoms with Gasteiger partial charge in [0.1, 0.15) is 0 Å². The quantitative estimate of drug-likeness (QED) is 0.630. The monoisotopic (exact) mass is 382 g/mol. The summed E-state index contributed by atoms with van der Waals surface area (Å²) in [6, 6.07) is 4.90. The van der Waals surface area contributed by atoms with Crippen molar-refractivity contribution in [2.75, 3.05) is 5.32 Å². The molecule has 0 aliphatic carbocycles. The van der Waals surface area contributed by atoms with Crippen molar-refractivity contribution in [3.63, 3.8) is 0 Å². The summed E-state index contributed by atoms with van der Waals surface area (Å²) in [5.74, 6) is -0.345. The van der Waals surface area contributed by atoms with Crippen molar-refractivity contribution in [2.24, 2.45) is 0 Å². The van der Waals surface area contributed by atoms with E-state index in [0.717, 1.165) is 11.0 Å². The molecular formula is C16H13Cl3N4O. The molecule has 3 rings (SSSR count). The van der Waals surface area contributed by atoms with Gasteiger partial charge in [0.05, 0.1) is 32.5 Å². The van der Waals surface area contributed by atoms with Crippen LogP contribution in [0, 0.1) is 0 Å². The van der Waals surface area contributed by atoms with Gasteiger partial charge in [0.15, 0.2) is 5.65 Å². The van der Waals surface area contributed by atoms with Gasteiger partial charge < -0.3 is 5.32 Å². The van der Waals surface area contributed by atoms with Gasteiger partial charge in [0, 0.05) is 17.6 Å². The predicted molar refractivity (Wildman–Crippen MR) is 97.3 cm³/mol. The van der Waals surface area contributed by atoms with Crippen molar-refractivity contribution in [1.29, 1.82) is 0 Å². The molecular weight excluding hydrogens is 371 g/mol. The Kier molecular flexibility index (Phi) is 4.67. The summed E-state index contributed by atoms with van der Waals surface area (Å²) in [5, 5.41) is 8.72. The van der Waals surface area contributed by atoms with Crippen molar-refractivity contribution < 1.29 is 4.79 Å². The fraction of sp³-hybridized carbons (Fsp3) is 0.188. The number of pyridine rings is 1. The highest BCUT2D eigenvalue weighted by Crippen LogP contribution is 2.32. The maximum Gasteiger partial charge on any atom is 0.257 e. The zero-order valence-electron chi connectivity index (χ0n) is 12.8. The Morgan fingerprint density at radius 1 is 1.08 bits per heavy atom. The number of hydrogen-bond acceptors (Lipinski definition) is 3. The number of carbonyl (C=O) groups is 1. The van der Waals surface area contributed by atoms with E-state index < -0.39 is 0 Å². The molecule has 2 aromatic heterocycles. The summed E-state index contributed by atoms with van der Waals surface area (Å²) in [6.07, 6.45) is 3.19. The van der Waals surface area contributed by atoms with Gasteiger partial charge in [0.25, 0.3) is 5.91 Å². The number of anilines is 1. The Morgan fingerprint density at radius 3 is 2.50 bits per heavy atom. The number of benzene rings is 1. The van der Waals surface area contributed by atoms with Crippen molar-refractivity contribution >= 4 is 57.4 Å². The van der Waals surface area contributed by atoms with Crippen LogP contribution in [0.25, 0.3) is 11.0 Å². The van der Waals surface area contributed by atoms with Gasteiger partial charge in [-0.2, -0.15) is 5.10 Å². The molecule has 1 N–H and O–H groups in total. The highest BCUT2D eigenvalue weighted by molar-refractivity contribution is 6.44. The molecule has 0 bridgehead atoms. The molecule has 24 heavy (non-hydrogen) atoms. The van der Waals surface area contributed by atoms with Crippen LogP contribution in [0.1, 0.15) is 30.2 Å². The van der Waals surface area contributed by atoms with Crippen molar-refractivity contribution in [3.05, 3.63) is 51.2 Å². The molecule has 3 aromatic rings. The first-order valence-electron chi connectivity index (χ1n) is 7.16. The van der Waals surface area contributed by atoms with Gasteiger partial charge in [-0.15, -0.1) is 0 Å². The molecule has 0 atom stereocenters. The number of nitrogens with one attached hydrogen (secondary N) is 1. The minimum atomic E-state index is -0.345. The molecule has 0 aliphatic rings. The summed E-state index contributed by atoms with van der Waals surface area (Å²) >= 11 is 17.9. The van der Waals surface area contributed by atoms with Crippen LogP contribution in [0.3, 0.4) is 0 Å². The van der Waals surface area contributed by atoms with Crippen LogP contribution >= 0.6 is 34.8 Å². The topological polar surface area (TPSA) is 59.8 Å². The van der Waals surface area contributed by atoms with E-state index in [1.807, 2.05) is 13.8 Å². The first-order valence-corrected chi connectivity index (χ1v) is 8.29. The lowest BCUT2D eigenvalue weighted by Crippen LogP contribution is -2.13. The second kappa shape index (κ2) is 6.59. The number of nitrogens with zero attached hydrogens (tertiary/aromatic N) is 3. The lowest BCUT2D eigenvalue weighted by Gasteiger charge is -2.09. The van der Waals surface area contributed by atoms with Crippen LogP contribution in [-0.2, 0) is 0 Å². The van der Waals surface area contributed by atoms with Gasteiger partial charge >= 0.3 is 0 Å². The summed E-state index contributed by atoms with van der Waals surface area (Å²) in [4.78, 5) is 16.8. The Bertz CT molecular complexity index is 936. The highest BCUT2D eigenvalue weighted by atomic mass is 35.5. The average molecular weight is 384 g/mol. The predicted octanol–water partition coefficient (Wildman–Crippen LogP) is 5.22. The zero-order chi connectivity index (χ0) is 17.4. The van der Waals surface area contributed by atoms with E-state index in [4.69, 9.17) is 34.8 Å². The SMILES string of the molecule is CC(C)n1ncc2cc(C(=O)Nc3cc(Cl)c(Cl)cc3Cl)cnc21. The molecule has 2 heterocycles. The maximum absolute atomic E-state index is 12.4. The number of amides is 1. The van der Waals surface area contributed by atoms with E-state index in [0.29, 0.717) is 26.3 Å². The van der Waals surface area contributed by atoms with Gasteiger partial charge in [-0.25, -0.2) is 9.67 Å². The molecule has 0 fully saturated rings. The third kappa shape index (κ3) is 3.20. The summed E-state index contributed by atoms with van der Waals surface area (Å²) in [7, 11) is 0. The third-order valence-electron chi connectivity index (χ3n) is 3.44. The lowest BCUT2D eigenvalue weighted by atomic mass is 10.2. The van der Waals surface area contributed by atoms with Gasteiger partial charge in [-0.3, -0.25) is 4.79 Å².